The predicted molar refractivity (Wildman–Crippen MR) is 179 cm³/mol. The molecule has 1 N–H and O–H groups in total. The van der Waals surface area contributed by atoms with E-state index in [1.165, 1.54) is 4.90 Å². The number of hydrogen-bond acceptors (Lipinski definition) is 6. The van der Waals surface area contributed by atoms with Crippen LogP contribution in [0.5, 0.6) is 0 Å². The van der Waals surface area contributed by atoms with E-state index in [0.29, 0.717) is 35.7 Å². The molecule has 3 atom stereocenters. The van der Waals surface area contributed by atoms with Gasteiger partial charge in [-0.05, 0) is 115 Å². The van der Waals surface area contributed by atoms with Crippen molar-refractivity contribution in [2.75, 3.05) is 53.4 Å². The minimum atomic E-state index is -1.02. The van der Waals surface area contributed by atoms with Crippen molar-refractivity contribution in [3.8, 4) is 0 Å². The first kappa shape index (κ1) is 28.1. The smallest absolute Gasteiger partial charge is 0.261 e. The Morgan fingerprint density at radius 1 is 0.609 bits per heavy atom. The summed E-state index contributed by atoms with van der Waals surface area (Å²) in [5.41, 5.74) is 2.52. The van der Waals surface area contributed by atoms with Crippen LogP contribution in [0.25, 0.3) is 43.1 Å². The van der Waals surface area contributed by atoms with Gasteiger partial charge in [0.25, 0.3) is 17.7 Å². The average Bonchev–Trinajstić information content (AvgIpc) is 3.05. The molecule has 8 nitrogen and oxygen atoms in total. The fourth-order valence-electron chi connectivity index (χ4n) is 9.21. The number of likely N-dealkylation sites (tertiary alicyclic amines) is 2. The van der Waals surface area contributed by atoms with E-state index in [9.17, 15) is 19.5 Å². The Kier molecular flexibility index (Phi) is 6.24. The molecule has 0 saturated carbocycles. The number of aliphatic hydroxyl groups is 1. The molecule has 4 aliphatic heterocycles. The number of rotatable bonds is 4. The third kappa shape index (κ3) is 3.93. The Labute approximate surface area is 267 Å². The summed E-state index contributed by atoms with van der Waals surface area (Å²) in [5.74, 6) is 0.0226. The molecule has 0 bridgehead atoms. The molecular formula is C38H38N4O4. The molecule has 4 heterocycles. The zero-order valence-electron chi connectivity index (χ0n) is 26.4. The van der Waals surface area contributed by atoms with Crippen molar-refractivity contribution in [1.82, 2.24) is 19.6 Å². The summed E-state index contributed by atoms with van der Waals surface area (Å²) in [6.07, 6.45) is 3.22. The molecule has 2 saturated heterocycles. The van der Waals surface area contributed by atoms with Crippen molar-refractivity contribution in [3.63, 3.8) is 0 Å². The predicted octanol–water partition coefficient (Wildman–Crippen LogP) is 5.46. The number of amides is 3. The van der Waals surface area contributed by atoms with Crippen LogP contribution in [0.15, 0.2) is 48.5 Å². The van der Waals surface area contributed by atoms with Crippen LogP contribution in [0.4, 0.5) is 0 Å². The summed E-state index contributed by atoms with van der Waals surface area (Å²) in [6, 6.07) is 15.7. The van der Waals surface area contributed by atoms with E-state index in [-0.39, 0.29) is 23.6 Å². The van der Waals surface area contributed by atoms with Gasteiger partial charge < -0.3 is 19.8 Å². The first-order valence-electron chi connectivity index (χ1n) is 16.7. The fourth-order valence-corrected chi connectivity index (χ4v) is 9.21. The Morgan fingerprint density at radius 2 is 1.09 bits per heavy atom. The van der Waals surface area contributed by atoms with Gasteiger partial charge in [0.2, 0.25) is 0 Å². The van der Waals surface area contributed by atoms with Crippen LogP contribution in [0.1, 0.15) is 68.5 Å². The van der Waals surface area contributed by atoms with Crippen molar-refractivity contribution >= 4 is 60.8 Å². The molecule has 2 fully saturated rings. The van der Waals surface area contributed by atoms with Gasteiger partial charge in [-0.3, -0.25) is 19.3 Å². The van der Waals surface area contributed by atoms with Crippen LogP contribution >= 0.6 is 0 Å². The second-order valence-electron chi connectivity index (χ2n) is 14.3. The number of imide groups is 1. The van der Waals surface area contributed by atoms with Crippen LogP contribution in [0, 0.1) is 11.8 Å². The van der Waals surface area contributed by atoms with Crippen molar-refractivity contribution in [1.29, 1.82) is 0 Å². The monoisotopic (exact) mass is 614 g/mol. The lowest BCUT2D eigenvalue weighted by Gasteiger charge is -2.39. The topological polar surface area (TPSA) is 84.4 Å². The van der Waals surface area contributed by atoms with Crippen molar-refractivity contribution < 1.29 is 19.5 Å². The quantitative estimate of drug-likeness (QED) is 0.164. The summed E-state index contributed by atoms with van der Waals surface area (Å²) in [4.78, 5) is 49.6. The Hall–Kier alpha value is -4.11. The van der Waals surface area contributed by atoms with Crippen molar-refractivity contribution in [2.24, 2.45) is 11.8 Å². The van der Waals surface area contributed by atoms with E-state index in [1.54, 1.807) is 4.90 Å². The van der Waals surface area contributed by atoms with E-state index in [2.05, 4.69) is 23.9 Å². The zero-order chi connectivity index (χ0) is 31.4. The lowest BCUT2D eigenvalue weighted by Crippen LogP contribution is -2.46. The van der Waals surface area contributed by atoms with Gasteiger partial charge in [0.05, 0.1) is 0 Å². The van der Waals surface area contributed by atoms with Gasteiger partial charge in [-0.25, -0.2) is 0 Å². The minimum absolute atomic E-state index is 0.131. The van der Waals surface area contributed by atoms with Gasteiger partial charge in [0.1, 0.15) is 0 Å². The molecule has 0 aliphatic carbocycles. The number of aliphatic hydroxyl groups excluding tert-OH is 1. The number of carbonyl (C=O) groups is 3. The summed E-state index contributed by atoms with van der Waals surface area (Å²) < 4.78 is 0. The number of carbonyl (C=O) groups excluding carboxylic acids is 3. The van der Waals surface area contributed by atoms with Crippen LogP contribution in [-0.4, -0.2) is 95.8 Å². The maximum atomic E-state index is 14.0. The lowest BCUT2D eigenvalue weighted by atomic mass is 9.82. The van der Waals surface area contributed by atoms with Crippen molar-refractivity contribution in [3.05, 3.63) is 70.8 Å². The molecule has 0 spiro atoms. The van der Waals surface area contributed by atoms with Gasteiger partial charge in [-0.15, -0.1) is 0 Å². The van der Waals surface area contributed by atoms with Crippen LogP contribution < -0.4 is 0 Å². The summed E-state index contributed by atoms with van der Waals surface area (Å²) in [5, 5.41) is 18.9. The molecule has 46 heavy (non-hydrogen) atoms. The highest BCUT2D eigenvalue weighted by Crippen LogP contribution is 2.47. The largest absolute Gasteiger partial charge is 0.369 e. The Morgan fingerprint density at radius 3 is 1.63 bits per heavy atom. The van der Waals surface area contributed by atoms with E-state index in [0.717, 1.165) is 101 Å². The summed E-state index contributed by atoms with van der Waals surface area (Å²) in [6.45, 7) is 4.88. The zero-order valence-corrected chi connectivity index (χ0v) is 26.4. The Bertz CT molecular complexity index is 2050. The standard InChI is InChI=1S/C38H38N4O4/c1-39-15-3-5-21(17-39)19-41-35(43)27-11-7-23-25-9-13-29-34-30(38(46)42(37(29)45)20-22-6-4-16-40(2)18-22)14-10-26(32(25)34)24-8-12-28(36(41)44)33(27)31(23)24/h7-14,21-22,35,43H,3-6,15-20H2,1-2H3. The normalized spacial score (nSPS) is 24.4. The van der Waals surface area contributed by atoms with Crippen LogP contribution in [-0.2, 0) is 0 Å². The van der Waals surface area contributed by atoms with Gasteiger partial charge in [0, 0.05) is 59.2 Å². The van der Waals surface area contributed by atoms with E-state index in [4.69, 9.17) is 0 Å². The van der Waals surface area contributed by atoms with Crippen molar-refractivity contribution in [2.45, 2.75) is 31.9 Å². The lowest BCUT2D eigenvalue weighted by molar-refractivity contribution is -0.00675. The molecule has 234 valence electrons. The summed E-state index contributed by atoms with van der Waals surface area (Å²) >= 11 is 0. The third-order valence-corrected chi connectivity index (χ3v) is 11.3. The van der Waals surface area contributed by atoms with Gasteiger partial charge in [-0.1, -0.05) is 30.3 Å². The van der Waals surface area contributed by atoms with Crippen LogP contribution in [0.2, 0.25) is 0 Å². The molecule has 0 aromatic heterocycles. The fraction of sp³-hybridized carbons (Fsp3) is 0.395. The SMILES string of the molecule is CN1CCCC(CN2C(=O)c3ccc4c5ccc6c7c(ccc(c8ccc(c3c48)C2=O)c75)C(O)N(CC2CCCN(C)C2)C6=O)C1. The highest BCUT2D eigenvalue weighted by molar-refractivity contribution is 6.39. The second kappa shape index (κ2) is 10.2. The number of piperidine rings is 2. The molecule has 5 aromatic rings. The van der Waals surface area contributed by atoms with Crippen LogP contribution in [0.3, 0.4) is 0 Å². The van der Waals surface area contributed by atoms with Gasteiger partial charge in [-0.2, -0.15) is 0 Å². The van der Waals surface area contributed by atoms with Gasteiger partial charge >= 0.3 is 0 Å². The van der Waals surface area contributed by atoms with E-state index in [1.807, 2.05) is 48.5 Å². The second-order valence-corrected chi connectivity index (χ2v) is 14.3. The Balaban J connectivity index is 1.18. The highest BCUT2D eigenvalue weighted by atomic mass is 16.3. The molecule has 8 heteroatoms. The molecule has 3 unspecified atom stereocenters. The molecule has 0 radical (unpaired) electrons. The number of fused-ring (bicyclic) bond motifs is 2. The maximum absolute atomic E-state index is 14.0. The van der Waals surface area contributed by atoms with E-state index < -0.39 is 6.23 Å². The number of nitrogens with zero attached hydrogens (tertiary/aromatic N) is 4. The van der Waals surface area contributed by atoms with E-state index >= 15 is 0 Å². The molecular weight excluding hydrogens is 576 g/mol. The first-order valence-corrected chi connectivity index (χ1v) is 16.7. The first-order chi connectivity index (χ1) is 22.3. The van der Waals surface area contributed by atoms with Gasteiger partial charge in [0.15, 0.2) is 6.23 Å². The highest BCUT2D eigenvalue weighted by Gasteiger charge is 2.38. The molecule has 3 amide bonds. The number of benzene rings is 5. The minimum Gasteiger partial charge on any atom is -0.369 e. The molecule has 5 aromatic carbocycles. The average molecular weight is 615 g/mol. The third-order valence-electron chi connectivity index (χ3n) is 11.3. The molecule has 4 aliphatic rings. The summed E-state index contributed by atoms with van der Waals surface area (Å²) in [7, 11) is 4.21. The molecule has 9 rings (SSSR count). The maximum Gasteiger partial charge on any atom is 0.261 e. The number of hydrogen-bond donors (Lipinski definition) is 1.